The fourth-order valence-corrected chi connectivity index (χ4v) is 3.08. The first kappa shape index (κ1) is 18.2. The minimum atomic E-state index is -0.645. The van der Waals surface area contributed by atoms with Gasteiger partial charge in [-0.15, -0.1) is 0 Å². The summed E-state index contributed by atoms with van der Waals surface area (Å²) in [4.78, 5) is 14.6. The van der Waals surface area contributed by atoms with Crippen LogP contribution in [0.4, 0.5) is 10.1 Å². The highest BCUT2D eigenvalue weighted by molar-refractivity contribution is 5.80. The third kappa shape index (κ3) is 4.97. The first-order chi connectivity index (χ1) is 12.6. The second kappa shape index (κ2) is 8.70. The van der Waals surface area contributed by atoms with Crippen molar-refractivity contribution in [2.75, 3.05) is 18.0 Å². The molecule has 0 spiro atoms. The normalized spacial score (nSPS) is 15.4. The Morgan fingerprint density at radius 2 is 1.73 bits per heavy atom. The number of nitrogens with one attached hydrogen (secondary N) is 1. The first-order valence-electron chi connectivity index (χ1n) is 9.15. The molecule has 1 fully saturated rings. The molecule has 26 heavy (non-hydrogen) atoms. The highest BCUT2D eigenvalue weighted by Crippen LogP contribution is 2.20. The zero-order chi connectivity index (χ0) is 18.4. The van der Waals surface area contributed by atoms with E-state index in [1.807, 2.05) is 0 Å². The fraction of sp³-hybridized carbons (Fsp3) is 0.381. The fourth-order valence-electron chi connectivity index (χ4n) is 3.08. The highest BCUT2D eigenvalue weighted by atomic mass is 19.1. The number of carbonyl (C=O) groups excluding carboxylic acids is 1. The number of benzene rings is 2. The van der Waals surface area contributed by atoms with E-state index in [1.54, 1.807) is 6.92 Å². The molecule has 2 aromatic rings. The second-order valence-corrected chi connectivity index (χ2v) is 6.65. The zero-order valence-corrected chi connectivity index (χ0v) is 15.1. The van der Waals surface area contributed by atoms with E-state index in [9.17, 15) is 9.18 Å². The number of rotatable bonds is 6. The van der Waals surface area contributed by atoms with E-state index in [-0.39, 0.29) is 11.7 Å². The van der Waals surface area contributed by atoms with Gasteiger partial charge in [-0.1, -0.05) is 12.1 Å². The molecule has 2 aromatic carbocycles. The maximum Gasteiger partial charge on any atom is 0.261 e. The predicted octanol–water partition coefficient (Wildman–Crippen LogP) is 3.90. The SMILES string of the molecule is CC(Oc1ccc(F)cc1)C(=O)NCc1ccc(N2CCCCC2)cc1. The van der Waals surface area contributed by atoms with Crippen molar-refractivity contribution < 1.29 is 13.9 Å². The van der Waals surface area contributed by atoms with Gasteiger partial charge in [0.1, 0.15) is 11.6 Å². The summed E-state index contributed by atoms with van der Waals surface area (Å²) in [5.74, 6) is -0.0585. The molecule has 0 bridgehead atoms. The van der Waals surface area contributed by atoms with Crippen LogP contribution in [0.25, 0.3) is 0 Å². The highest BCUT2D eigenvalue weighted by Gasteiger charge is 2.15. The summed E-state index contributed by atoms with van der Waals surface area (Å²) in [6.45, 7) is 4.37. The van der Waals surface area contributed by atoms with Crippen LogP contribution in [0.3, 0.4) is 0 Å². The van der Waals surface area contributed by atoms with E-state index < -0.39 is 6.10 Å². The summed E-state index contributed by atoms with van der Waals surface area (Å²) in [5, 5.41) is 2.88. The van der Waals surface area contributed by atoms with Gasteiger partial charge in [-0.3, -0.25) is 4.79 Å². The Morgan fingerprint density at radius 3 is 2.38 bits per heavy atom. The zero-order valence-electron chi connectivity index (χ0n) is 15.1. The molecular weight excluding hydrogens is 331 g/mol. The maximum atomic E-state index is 12.9. The average Bonchev–Trinajstić information content (AvgIpc) is 2.69. The van der Waals surface area contributed by atoms with Crippen LogP contribution < -0.4 is 15.0 Å². The van der Waals surface area contributed by atoms with Crippen molar-refractivity contribution >= 4 is 11.6 Å². The predicted molar refractivity (Wildman–Crippen MR) is 101 cm³/mol. The van der Waals surface area contributed by atoms with Crippen molar-refractivity contribution in [1.29, 1.82) is 0 Å². The number of nitrogens with zero attached hydrogens (tertiary/aromatic N) is 1. The number of carbonyl (C=O) groups is 1. The number of hydrogen-bond donors (Lipinski definition) is 1. The monoisotopic (exact) mass is 356 g/mol. The van der Waals surface area contributed by atoms with Gasteiger partial charge in [-0.2, -0.15) is 0 Å². The lowest BCUT2D eigenvalue weighted by Gasteiger charge is -2.28. The van der Waals surface area contributed by atoms with Gasteiger partial charge in [0.2, 0.25) is 0 Å². The Kier molecular flexibility index (Phi) is 6.10. The van der Waals surface area contributed by atoms with Crippen molar-refractivity contribution in [3.63, 3.8) is 0 Å². The first-order valence-corrected chi connectivity index (χ1v) is 9.15. The smallest absolute Gasteiger partial charge is 0.261 e. The lowest BCUT2D eigenvalue weighted by molar-refractivity contribution is -0.127. The van der Waals surface area contributed by atoms with E-state index in [2.05, 4.69) is 34.5 Å². The molecule has 0 aromatic heterocycles. The van der Waals surface area contributed by atoms with Crippen LogP contribution in [0.15, 0.2) is 48.5 Å². The molecule has 1 unspecified atom stereocenters. The van der Waals surface area contributed by atoms with Crippen LogP contribution in [0, 0.1) is 5.82 Å². The molecule has 1 aliphatic rings. The van der Waals surface area contributed by atoms with Gasteiger partial charge in [-0.05, 0) is 68.1 Å². The van der Waals surface area contributed by atoms with E-state index >= 15 is 0 Å². The molecule has 1 heterocycles. The van der Waals surface area contributed by atoms with Crippen molar-refractivity contribution in [3.8, 4) is 5.75 Å². The second-order valence-electron chi connectivity index (χ2n) is 6.65. The number of ether oxygens (including phenoxy) is 1. The molecule has 1 aliphatic heterocycles. The summed E-state index contributed by atoms with van der Waals surface area (Å²) in [7, 11) is 0. The summed E-state index contributed by atoms with van der Waals surface area (Å²) in [6, 6.07) is 14.0. The molecule has 0 radical (unpaired) electrons. The topological polar surface area (TPSA) is 41.6 Å². The quantitative estimate of drug-likeness (QED) is 0.853. The number of amides is 1. The van der Waals surface area contributed by atoms with Gasteiger partial charge >= 0.3 is 0 Å². The van der Waals surface area contributed by atoms with Gasteiger partial charge in [0.05, 0.1) is 0 Å². The van der Waals surface area contributed by atoms with Crippen LogP contribution in [-0.4, -0.2) is 25.1 Å². The van der Waals surface area contributed by atoms with Crippen molar-refractivity contribution in [2.45, 2.75) is 38.8 Å². The molecule has 4 nitrogen and oxygen atoms in total. The van der Waals surface area contributed by atoms with Crippen LogP contribution in [0.2, 0.25) is 0 Å². The van der Waals surface area contributed by atoms with Crippen molar-refractivity contribution in [2.24, 2.45) is 0 Å². The average molecular weight is 356 g/mol. The molecule has 1 saturated heterocycles. The third-order valence-electron chi connectivity index (χ3n) is 4.62. The number of halogens is 1. The minimum absolute atomic E-state index is 0.200. The van der Waals surface area contributed by atoms with Crippen molar-refractivity contribution in [3.05, 3.63) is 59.9 Å². The Morgan fingerprint density at radius 1 is 1.08 bits per heavy atom. The molecule has 1 atom stereocenters. The van der Waals surface area contributed by atoms with E-state index in [4.69, 9.17) is 4.74 Å². The molecule has 0 aliphatic carbocycles. The van der Waals surface area contributed by atoms with Gasteiger partial charge in [0.15, 0.2) is 6.10 Å². The Hall–Kier alpha value is -2.56. The number of anilines is 1. The van der Waals surface area contributed by atoms with Crippen LogP contribution >= 0.6 is 0 Å². The standard InChI is InChI=1S/C21H25FN2O2/c1-16(26-20-11-7-18(22)8-12-20)21(25)23-15-17-5-9-19(10-6-17)24-13-3-2-4-14-24/h5-12,16H,2-4,13-15H2,1H3,(H,23,25). The van der Waals surface area contributed by atoms with E-state index in [0.29, 0.717) is 12.3 Å². The van der Waals surface area contributed by atoms with Crippen LogP contribution in [-0.2, 0) is 11.3 Å². The minimum Gasteiger partial charge on any atom is -0.481 e. The van der Waals surface area contributed by atoms with Crippen LogP contribution in [0.1, 0.15) is 31.7 Å². The van der Waals surface area contributed by atoms with Gasteiger partial charge in [0.25, 0.3) is 5.91 Å². The molecule has 3 rings (SSSR count). The maximum absolute atomic E-state index is 12.9. The Labute approximate surface area is 154 Å². The van der Waals surface area contributed by atoms with Crippen molar-refractivity contribution in [1.82, 2.24) is 5.32 Å². The number of piperidine rings is 1. The van der Waals surface area contributed by atoms with Gasteiger partial charge in [-0.25, -0.2) is 4.39 Å². The van der Waals surface area contributed by atoms with E-state index in [0.717, 1.165) is 18.7 Å². The summed E-state index contributed by atoms with van der Waals surface area (Å²) in [6.07, 6.45) is 3.18. The summed E-state index contributed by atoms with van der Waals surface area (Å²) >= 11 is 0. The Balaban J connectivity index is 1.48. The van der Waals surface area contributed by atoms with E-state index in [1.165, 1.54) is 49.2 Å². The summed E-state index contributed by atoms with van der Waals surface area (Å²) < 4.78 is 18.4. The largest absolute Gasteiger partial charge is 0.481 e. The van der Waals surface area contributed by atoms with Gasteiger partial charge in [0, 0.05) is 25.3 Å². The lowest BCUT2D eigenvalue weighted by atomic mass is 10.1. The lowest BCUT2D eigenvalue weighted by Crippen LogP contribution is -2.35. The third-order valence-corrected chi connectivity index (χ3v) is 4.62. The van der Waals surface area contributed by atoms with Crippen LogP contribution in [0.5, 0.6) is 5.75 Å². The molecule has 1 amide bonds. The molecular formula is C21H25FN2O2. The molecule has 138 valence electrons. The number of hydrogen-bond acceptors (Lipinski definition) is 3. The summed E-state index contributed by atoms with van der Waals surface area (Å²) in [5.41, 5.74) is 2.29. The molecule has 0 saturated carbocycles. The van der Waals surface area contributed by atoms with Gasteiger partial charge < -0.3 is 15.0 Å². The molecule has 5 heteroatoms. The Bertz CT molecular complexity index is 710. The molecule has 1 N–H and O–H groups in total.